The molecular formula is C29H42ClNO5. The molecule has 0 saturated carbocycles. The maximum atomic E-state index is 6.15. The summed E-state index contributed by atoms with van der Waals surface area (Å²) in [5.74, 6) is 4.97. The molecule has 1 heterocycles. The monoisotopic (exact) mass is 519 g/mol. The molecule has 0 amide bonds. The van der Waals surface area contributed by atoms with Crippen LogP contribution in [0.25, 0.3) is 0 Å². The molecule has 0 radical (unpaired) electrons. The highest BCUT2D eigenvalue weighted by Gasteiger charge is 2.29. The summed E-state index contributed by atoms with van der Waals surface area (Å²) in [6.07, 6.45) is 7.53. The molecule has 0 N–H and O–H groups in total. The van der Waals surface area contributed by atoms with Crippen LogP contribution in [0.2, 0.25) is 0 Å². The normalized spacial score (nSPS) is 16.9. The lowest BCUT2D eigenvalue weighted by molar-refractivity contribution is 0.254. The predicted octanol–water partition coefficient (Wildman–Crippen LogP) is 5.92. The maximum absolute atomic E-state index is 6.15. The zero-order chi connectivity index (χ0) is 24.8. The second kappa shape index (κ2) is 13.3. The quantitative estimate of drug-likeness (QED) is 0.383. The van der Waals surface area contributed by atoms with Crippen molar-refractivity contribution in [2.75, 3.05) is 55.2 Å². The largest absolute Gasteiger partial charge is 0.494 e. The lowest BCUT2D eigenvalue weighted by Crippen LogP contribution is -2.29. The minimum absolute atomic E-state index is 0. The van der Waals surface area contributed by atoms with Crippen molar-refractivity contribution >= 4 is 12.4 Å². The Morgan fingerprint density at radius 2 is 1.22 bits per heavy atom. The molecule has 200 valence electrons. The number of benzene rings is 2. The Kier molecular flexibility index (Phi) is 10.4. The van der Waals surface area contributed by atoms with Crippen LogP contribution >= 0.6 is 12.4 Å². The molecule has 6 nitrogen and oxygen atoms in total. The van der Waals surface area contributed by atoms with E-state index in [0.29, 0.717) is 23.3 Å². The third-order valence-electron chi connectivity index (χ3n) is 7.82. The van der Waals surface area contributed by atoms with Crippen LogP contribution in [-0.4, -0.2) is 60.1 Å². The average Bonchev–Trinajstić information content (AvgIpc) is 3.10. The standard InChI is InChI=1S/C29H41NO5.ClH/c1-30-17-14-22(15-18-30)21-8-10-23(11-9-21)35-19-16-20-6-12-24-25(13-7-20)27(32-3)29(34-5)28(33-4)26(24)31-2;/h8-11,20,22H,6-7,12-19H2,1-5H3;1H. The molecule has 1 aliphatic carbocycles. The Labute approximate surface area is 222 Å². The first-order valence-corrected chi connectivity index (χ1v) is 12.9. The lowest BCUT2D eigenvalue weighted by atomic mass is 9.90. The fourth-order valence-corrected chi connectivity index (χ4v) is 5.74. The van der Waals surface area contributed by atoms with E-state index in [0.717, 1.165) is 56.0 Å². The van der Waals surface area contributed by atoms with Gasteiger partial charge < -0.3 is 28.6 Å². The van der Waals surface area contributed by atoms with Crippen molar-refractivity contribution in [3.63, 3.8) is 0 Å². The molecule has 1 saturated heterocycles. The minimum Gasteiger partial charge on any atom is -0.494 e. The number of ether oxygens (including phenoxy) is 5. The zero-order valence-corrected chi connectivity index (χ0v) is 23.2. The molecule has 0 aromatic heterocycles. The fourth-order valence-electron chi connectivity index (χ4n) is 5.74. The van der Waals surface area contributed by atoms with Crippen LogP contribution in [-0.2, 0) is 12.8 Å². The van der Waals surface area contributed by atoms with Crippen LogP contribution in [0.1, 0.15) is 54.7 Å². The summed E-state index contributed by atoms with van der Waals surface area (Å²) in [4.78, 5) is 2.42. The van der Waals surface area contributed by atoms with E-state index in [1.165, 1.54) is 42.6 Å². The number of piperidine rings is 1. The van der Waals surface area contributed by atoms with E-state index in [1.807, 2.05) is 0 Å². The van der Waals surface area contributed by atoms with E-state index in [1.54, 1.807) is 28.4 Å². The van der Waals surface area contributed by atoms with Gasteiger partial charge in [-0.2, -0.15) is 0 Å². The molecule has 2 aromatic rings. The predicted molar refractivity (Wildman–Crippen MR) is 146 cm³/mol. The Morgan fingerprint density at radius 3 is 1.69 bits per heavy atom. The van der Waals surface area contributed by atoms with Gasteiger partial charge in [-0.15, -0.1) is 12.4 Å². The molecule has 36 heavy (non-hydrogen) atoms. The van der Waals surface area contributed by atoms with Crippen LogP contribution in [0, 0.1) is 5.92 Å². The highest BCUT2D eigenvalue weighted by Crippen LogP contribution is 2.51. The smallest absolute Gasteiger partial charge is 0.207 e. The van der Waals surface area contributed by atoms with E-state index in [9.17, 15) is 0 Å². The minimum atomic E-state index is 0. The van der Waals surface area contributed by atoms with Crippen LogP contribution in [0.3, 0.4) is 0 Å². The van der Waals surface area contributed by atoms with Crippen molar-refractivity contribution in [1.29, 1.82) is 0 Å². The van der Waals surface area contributed by atoms with E-state index < -0.39 is 0 Å². The van der Waals surface area contributed by atoms with Crippen molar-refractivity contribution in [1.82, 2.24) is 4.90 Å². The van der Waals surface area contributed by atoms with Gasteiger partial charge in [-0.1, -0.05) is 12.1 Å². The van der Waals surface area contributed by atoms with Gasteiger partial charge in [0.1, 0.15) is 5.75 Å². The number of hydrogen-bond acceptors (Lipinski definition) is 6. The molecule has 2 aromatic carbocycles. The number of fused-ring (bicyclic) bond motifs is 1. The van der Waals surface area contributed by atoms with E-state index in [-0.39, 0.29) is 12.4 Å². The summed E-state index contributed by atoms with van der Waals surface area (Å²) in [6.45, 7) is 3.10. The van der Waals surface area contributed by atoms with E-state index >= 15 is 0 Å². The van der Waals surface area contributed by atoms with Crippen molar-refractivity contribution in [2.24, 2.45) is 5.92 Å². The topological polar surface area (TPSA) is 49.4 Å². The zero-order valence-electron chi connectivity index (χ0n) is 22.4. The molecule has 2 aliphatic rings. The van der Waals surface area contributed by atoms with E-state index in [4.69, 9.17) is 23.7 Å². The molecule has 1 fully saturated rings. The van der Waals surface area contributed by atoms with Crippen molar-refractivity contribution < 1.29 is 23.7 Å². The number of rotatable bonds is 9. The van der Waals surface area contributed by atoms with Crippen LogP contribution in [0.5, 0.6) is 28.7 Å². The summed E-state index contributed by atoms with van der Waals surface area (Å²) in [6, 6.07) is 8.80. The molecular weight excluding hydrogens is 478 g/mol. The highest BCUT2D eigenvalue weighted by molar-refractivity contribution is 5.85. The second-order valence-corrected chi connectivity index (χ2v) is 9.82. The molecule has 7 heteroatoms. The molecule has 0 unspecified atom stereocenters. The van der Waals surface area contributed by atoms with Gasteiger partial charge in [-0.25, -0.2) is 0 Å². The maximum Gasteiger partial charge on any atom is 0.207 e. The molecule has 4 rings (SSSR count). The summed E-state index contributed by atoms with van der Waals surface area (Å²) >= 11 is 0. The Bertz CT molecular complexity index is 930. The number of hydrogen-bond donors (Lipinski definition) is 0. The van der Waals surface area contributed by atoms with Gasteiger partial charge in [-0.3, -0.25) is 0 Å². The number of likely N-dealkylation sites (tertiary alicyclic amines) is 1. The van der Waals surface area contributed by atoms with E-state index in [2.05, 4.69) is 36.2 Å². The Hall–Kier alpha value is -2.31. The second-order valence-electron chi connectivity index (χ2n) is 9.82. The molecule has 0 bridgehead atoms. The number of halogens is 1. The van der Waals surface area contributed by atoms with Gasteiger partial charge >= 0.3 is 0 Å². The van der Waals surface area contributed by atoms with Gasteiger partial charge in [-0.05, 0) is 94.6 Å². The molecule has 0 spiro atoms. The summed E-state index contributed by atoms with van der Waals surface area (Å²) in [5, 5.41) is 0. The average molecular weight is 520 g/mol. The Balaban J connectivity index is 0.00000361. The SMILES string of the molecule is COc1c2c(c(OC)c(OC)c1OC)CCC(CCOc1ccc(C3CCN(C)CC3)cc1)CC2.Cl. The van der Waals surface area contributed by atoms with Crippen molar-refractivity contribution in [2.45, 2.75) is 50.9 Å². The fraction of sp³-hybridized carbons (Fsp3) is 0.586. The molecule has 1 aliphatic heterocycles. The first-order valence-electron chi connectivity index (χ1n) is 12.9. The first-order chi connectivity index (χ1) is 17.1. The van der Waals surface area contributed by atoms with Gasteiger partial charge in [0, 0.05) is 11.1 Å². The van der Waals surface area contributed by atoms with Gasteiger partial charge in [0.2, 0.25) is 11.5 Å². The summed E-state index contributed by atoms with van der Waals surface area (Å²) in [7, 11) is 8.88. The summed E-state index contributed by atoms with van der Waals surface area (Å²) < 4.78 is 29.0. The lowest BCUT2D eigenvalue weighted by Gasteiger charge is -2.29. The first kappa shape index (κ1) is 28.3. The highest BCUT2D eigenvalue weighted by atomic mass is 35.5. The van der Waals surface area contributed by atoms with Gasteiger partial charge in [0.15, 0.2) is 11.5 Å². The Morgan fingerprint density at radius 1 is 0.722 bits per heavy atom. The van der Waals surface area contributed by atoms with Crippen molar-refractivity contribution in [3.05, 3.63) is 41.0 Å². The van der Waals surface area contributed by atoms with Crippen LogP contribution in [0.4, 0.5) is 0 Å². The number of methoxy groups -OCH3 is 4. The van der Waals surface area contributed by atoms with Gasteiger partial charge in [0.25, 0.3) is 0 Å². The third-order valence-corrected chi connectivity index (χ3v) is 7.82. The van der Waals surface area contributed by atoms with Crippen LogP contribution in [0.15, 0.2) is 24.3 Å². The van der Waals surface area contributed by atoms with Gasteiger partial charge in [0.05, 0.1) is 35.0 Å². The molecule has 0 atom stereocenters. The summed E-state index contributed by atoms with van der Waals surface area (Å²) in [5.41, 5.74) is 3.80. The van der Waals surface area contributed by atoms with Crippen molar-refractivity contribution in [3.8, 4) is 28.7 Å². The number of nitrogens with zero attached hydrogens (tertiary/aromatic N) is 1. The third kappa shape index (κ3) is 6.15. The van der Waals surface area contributed by atoms with Crippen LogP contribution < -0.4 is 23.7 Å².